The van der Waals surface area contributed by atoms with Crippen molar-refractivity contribution < 1.29 is 9.50 Å². The summed E-state index contributed by atoms with van der Waals surface area (Å²) < 4.78 is 13.1. The highest BCUT2D eigenvalue weighted by Gasteiger charge is 2.03. The second-order valence-electron chi connectivity index (χ2n) is 5.06. The minimum atomic E-state index is -0.326. The van der Waals surface area contributed by atoms with Crippen LogP contribution in [0.15, 0.2) is 48.5 Å². The molecule has 0 amide bonds. The number of phenolic OH excluding ortho intramolecular Hbond substituents is 1. The summed E-state index contributed by atoms with van der Waals surface area (Å²) in [5.41, 5.74) is 1.78. The van der Waals surface area contributed by atoms with E-state index in [-0.39, 0.29) is 11.6 Å². The molecule has 4 heteroatoms. The molecular formula is C17H21FN2O. The molecule has 2 aromatic rings. The van der Waals surface area contributed by atoms with Crippen molar-refractivity contribution in [2.45, 2.75) is 13.0 Å². The number of phenols is 1. The fourth-order valence-electron chi connectivity index (χ4n) is 2.17. The van der Waals surface area contributed by atoms with Crippen LogP contribution in [0.25, 0.3) is 0 Å². The number of hydrogen-bond donors (Lipinski definition) is 2. The number of hydrogen-bond acceptors (Lipinski definition) is 3. The maximum atomic E-state index is 13.1. The fourth-order valence-corrected chi connectivity index (χ4v) is 2.17. The van der Waals surface area contributed by atoms with Gasteiger partial charge in [0.25, 0.3) is 0 Å². The lowest BCUT2D eigenvalue weighted by molar-refractivity contribution is 0.461. The first-order valence-electron chi connectivity index (χ1n) is 7.11. The lowest BCUT2D eigenvalue weighted by Gasteiger charge is -2.19. The normalized spacial score (nSPS) is 10.6. The second-order valence-corrected chi connectivity index (χ2v) is 5.06. The molecular weight excluding hydrogens is 267 g/mol. The van der Waals surface area contributed by atoms with Gasteiger partial charge in [0.2, 0.25) is 0 Å². The van der Waals surface area contributed by atoms with Crippen molar-refractivity contribution in [3.8, 4) is 5.75 Å². The molecule has 2 rings (SSSR count). The average Bonchev–Trinajstić information content (AvgIpc) is 2.51. The van der Waals surface area contributed by atoms with Gasteiger partial charge < -0.3 is 15.3 Å². The molecule has 0 aliphatic rings. The predicted molar refractivity (Wildman–Crippen MR) is 84.1 cm³/mol. The average molecular weight is 288 g/mol. The molecule has 0 aliphatic carbocycles. The summed E-state index contributed by atoms with van der Waals surface area (Å²) in [6, 6.07) is 14.2. The van der Waals surface area contributed by atoms with Gasteiger partial charge in [0.1, 0.15) is 11.6 Å². The van der Waals surface area contributed by atoms with Crippen molar-refractivity contribution >= 4 is 5.69 Å². The van der Waals surface area contributed by atoms with Crippen LogP contribution in [-0.4, -0.2) is 25.2 Å². The summed E-state index contributed by atoms with van der Waals surface area (Å²) in [6.07, 6.45) is 0.974. The molecule has 0 unspecified atom stereocenters. The second kappa shape index (κ2) is 7.64. The number of anilines is 1. The van der Waals surface area contributed by atoms with Crippen LogP contribution in [0.3, 0.4) is 0 Å². The number of nitrogens with one attached hydrogen (secondary N) is 1. The van der Waals surface area contributed by atoms with E-state index in [2.05, 4.69) is 29.4 Å². The molecule has 0 atom stereocenters. The van der Waals surface area contributed by atoms with Crippen LogP contribution in [-0.2, 0) is 6.54 Å². The summed E-state index contributed by atoms with van der Waals surface area (Å²) in [5.74, 6) is -0.196. The van der Waals surface area contributed by atoms with Gasteiger partial charge in [-0.05, 0) is 43.3 Å². The van der Waals surface area contributed by atoms with E-state index in [1.54, 1.807) is 0 Å². The number of benzene rings is 2. The molecule has 0 aliphatic heterocycles. The Hall–Kier alpha value is -2.07. The van der Waals surface area contributed by atoms with Gasteiger partial charge in [-0.15, -0.1) is 0 Å². The molecule has 2 aromatic carbocycles. The minimum Gasteiger partial charge on any atom is -0.508 e. The number of halogens is 1. The predicted octanol–water partition coefficient (Wildman–Crippen LogP) is 3.15. The molecule has 3 nitrogen and oxygen atoms in total. The Bertz CT molecular complexity index is 560. The van der Waals surface area contributed by atoms with E-state index in [0.717, 1.165) is 19.5 Å². The van der Waals surface area contributed by atoms with Gasteiger partial charge in [0.15, 0.2) is 0 Å². The standard InChI is InChI=1S/C17H21FN2O/c1-20(16-6-3-2-4-7-16)11-5-10-19-13-14-12-15(18)8-9-17(14)21/h2-4,6-9,12,19,21H,5,10-11,13H2,1H3. The Balaban J connectivity index is 1.69. The quantitative estimate of drug-likeness (QED) is 0.768. The zero-order chi connectivity index (χ0) is 15.1. The third-order valence-corrected chi connectivity index (χ3v) is 3.40. The topological polar surface area (TPSA) is 35.5 Å². The third-order valence-electron chi connectivity index (χ3n) is 3.40. The van der Waals surface area contributed by atoms with Gasteiger partial charge in [0, 0.05) is 31.4 Å². The molecule has 0 bridgehead atoms. The van der Waals surface area contributed by atoms with Crippen LogP contribution in [0.1, 0.15) is 12.0 Å². The van der Waals surface area contributed by atoms with Crippen LogP contribution in [0, 0.1) is 5.82 Å². The highest BCUT2D eigenvalue weighted by molar-refractivity contribution is 5.44. The van der Waals surface area contributed by atoms with E-state index in [4.69, 9.17) is 0 Å². The summed E-state index contributed by atoms with van der Waals surface area (Å²) in [6.45, 7) is 2.22. The van der Waals surface area contributed by atoms with E-state index < -0.39 is 0 Å². The van der Waals surface area contributed by atoms with Gasteiger partial charge in [0.05, 0.1) is 0 Å². The van der Waals surface area contributed by atoms with E-state index in [9.17, 15) is 9.50 Å². The lowest BCUT2D eigenvalue weighted by atomic mass is 10.2. The Kier molecular flexibility index (Phi) is 5.58. The highest BCUT2D eigenvalue weighted by Crippen LogP contribution is 2.17. The summed E-state index contributed by atoms with van der Waals surface area (Å²) in [7, 11) is 2.06. The molecule has 0 heterocycles. The van der Waals surface area contributed by atoms with Gasteiger partial charge >= 0.3 is 0 Å². The van der Waals surface area contributed by atoms with Crippen molar-refractivity contribution in [3.63, 3.8) is 0 Å². The van der Waals surface area contributed by atoms with Crippen molar-refractivity contribution in [3.05, 3.63) is 59.9 Å². The van der Waals surface area contributed by atoms with E-state index in [1.807, 2.05) is 18.2 Å². The highest BCUT2D eigenvalue weighted by atomic mass is 19.1. The molecule has 0 saturated carbocycles. The van der Waals surface area contributed by atoms with Crippen molar-refractivity contribution in [1.29, 1.82) is 0 Å². The number of para-hydroxylation sites is 1. The van der Waals surface area contributed by atoms with Crippen LogP contribution in [0.5, 0.6) is 5.75 Å². The smallest absolute Gasteiger partial charge is 0.123 e. The zero-order valence-electron chi connectivity index (χ0n) is 12.2. The molecule has 0 saturated heterocycles. The van der Waals surface area contributed by atoms with Crippen LogP contribution in [0.4, 0.5) is 10.1 Å². The Morgan fingerprint density at radius 2 is 1.90 bits per heavy atom. The van der Waals surface area contributed by atoms with Gasteiger partial charge in [-0.2, -0.15) is 0 Å². The van der Waals surface area contributed by atoms with Crippen molar-refractivity contribution in [2.75, 3.05) is 25.0 Å². The zero-order valence-corrected chi connectivity index (χ0v) is 12.2. The molecule has 112 valence electrons. The summed E-state index contributed by atoms with van der Waals surface area (Å²) >= 11 is 0. The number of nitrogens with zero attached hydrogens (tertiary/aromatic N) is 1. The fraction of sp³-hybridized carbons (Fsp3) is 0.294. The van der Waals surface area contributed by atoms with Crippen LogP contribution in [0.2, 0.25) is 0 Å². The van der Waals surface area contributed by atoms with Gasteiger partial charge in [-0.1, -0.05) is 18.2 Å². The lowest BCUT2D eigenvalue weighted by Crippen LogP contribution is -2.23. The van der Waals surface area contributed by atoms with E-state index >= 15 is 0 Å². The number of aromatic hydroxyl groups is 1. The van der Waals surface area contributed by atoms with E-state index in [0.29, 0.717) is 12.1 Å². The minimum absolute atomic E-state index is 0.130. The van der Waals surface area contributed by atoms with Crippen LogP contribution >= 0.6 is 0 Å². The Morgan fingerprint density at radius 1 is 1.14 bits per heavy atom. The monoisotopic (exact) mass is 288 g/mol. The molecule has 2 N–H and O–H groups in total. The number of rotatable bonds is 7. The summed E-state index contributed by atoms with van der Waals surface area (Å²) in [4.78, 5) is 2.20. The maximum absolute atomic E-state index is 13.1. The molecule has 0 fully saturated rings. The first-order valence-corrected chi connectivity index (χ1v) is 7.11. The first-order chi connectivity index (χ1) is 10.2. The molecule has 21 heavy (non-hydrogen) atoms. The Labute approximate surface area is 125 Å². The molecule has 0 aromatic heterocycles. The Morgan fingerprint density at radius 3 is 2.67 bits per heavy atom. The van der Waals surface area contributed by atoms with Crippen molar-refractivity contribution in [2.24, 2.45) is 0 Å². The summed E-state index contributed by atoms with van der Waals surface area (Å²) in [5, 5.41) is 12.8. The third kappa shape index (κ3) is 4.76. The first kappa shape index (κ1) is 15.3. The molecule has 0 radical (unpaired) electrons. The van der Waals surface area contributed by atoms with Gasteiger partial charge in [-0.25, -0.2) is 4.39 Å². The maximum Gasteiger partial charge on any atom is 0.123 e. The largest absolute Gasteiger partial charge is 0.508 e. The SMILES string of the molecule is CN(CCCNCc1cc(F)ccc1O)c1ccccc1. The van der Waals surface area contributed by atoms with Crippen LogP contribution < -0.4 is 10.2 Å². The molecule has 0 spiro atoms. The van der Waals surface area contributed by atoms with Gasteiger partial charge in [-0.3, -0.25) is 0 Å². The van der Waals surface area contributed by atoms with E-state index in [1.165, 1.54) is 23.9 Å². The van der Waals surface area contributed by atoms with Crippen molar-refractivity contribution in [1.82, 2.24) is 5.32 Å².